The molecule has 2 rings (SSSR count). The van der Waals surface area contributed by atoms with E-state index in [4.69, 9.17) is 15.1 Å². The normalized spacial score (nSPS) is 20.8. The maximum atomic E-state index is 12.3. The van der Waals surface area contributed by atoms with Crippen molar-refractivity contribution in [3.05, 3.63) is 16.5 Å². The fourth-order valence-electron chi connectivity index (χ4n) is 2.25. The molecule has 8 heteroatoms. The van der Waals surface area contributed by atoms with Crippen LogP contribution in [0.15, 0.2) is 20.0 Å². The topological polar surface area (TPSA) is 67.6 Å². The van der Waals surface area contributed by atoms with Crippen molar-refractivity contribution in [2.24, 2.45) is 5.92 Å². The second kappa shape index (κ2) is 6.07. The lowest BCUT2D eigenvalue weighted by Crippen LogP contribution is -2.31. The maximum Gasteiger partial charge on any atom is 0.289 e. The molecule has 0 spiro atoms. The highest BCUT2D eigenvalue weighted by molar-refractivity contribution is 9.10. The molecular weight excluding hydrogens is 370 g/mol. The standard InChI is InChI=1S/C12H15BrClNO4S/c1-8-3-2-5-15(6-4-8)12(16)9-7-10(11(13)19-9)20(14,17)18/h7-8H,2-6H2,1H3. The fourth-order valence-corrected chi connectivity index (χ4v) is 4.28. The predicted octanol–water partition coefficient (Wildman–Crippen LogP) is 3.23. The van der Waals surface area contributed by atoms with Gasteiger partial charge in [0, 0.05) is 29.8 Å². The lowest BCUT2D eigenvalue weighted by molar-refractivity contribution is 0.0727. The first-order valence-corrected chi connectivity index (χ1v) is 9.42. The van der Waals surface area contributed by atoms with Crippen LogP contribution in [0.2, 0.25) is 0 Å². The Labute approximate surface area is 130 Å². The molecule has 1 aromatic rings. The zero-order valence-corrected chi connectivity index (χ0v) is 14.1. The van der Waals surface area contributed by atoms with E-state index in [0.29, 0.717) is 19.0 Å². The van der Waals surface area contributed by atoms with Gasteiger partial charge in [-0.25, -0.2) is 8.42 Å². The van der Waals surface area contributed by atoms with Crippen LogP contribution in [0, 0.1) is 5.92 Å². The van der Waals surface area contributed by atoms with Crippen molar-refractivity contribution in [1.82, 2.24) is 4.90 Å². The second-order valence-corrected chi connectivity index (χ2v) is 8.27. The van der Waals surface area contributed by atoms with Gasteiger partial charge in [-0.2, -0.15) is 0 Å². The molecule has 1 aliphatic rings. The van der Waals surface area contributed by atoms with Gasteiger partial charge in [-0.15, -0.1) is 0 Å². The zero-order chi connectivity index (χ0) is 14.9. The molecule has 1 aromatic heterocycles. The van der Waals surface area contributed by atoms with Gasteiger partial charge in [0.2, 0.25) is 0 Å². The van der Waals surface area contributed by atoms with E-state index in [0.717, 1.165) is 19.3 Å². The molecule has 0 saturated carbocycles. The number of furan rings is 1. The number of likely N-dealkylation sites (tertiary alicyclic amines) is 1. The number of carbonyl (C=O) groups is 1. The smallest absolute Gasteiger partial charge is 0.289 e. The zero-order valence-electron chi connectivity index (χ0n) is 10.9. The Morgan fingerprint density at radius 3 is 2.75 bits per heavy atom. The average Bonchev–Trinajstić information content (AvgIpc) is 2.61. The van der Waals surface area contributed by atoms with Gasteiger partial charge in [0.15, 0.2) is 10.4 Å². The highest BCUT2D eigenvalue weighted by Gasteiger charge is 2.27. The van der Waals surface area contributed by atoms with Gasteiger partial charge in [-0.1, -0.05) is 6.92 Å². The van der Waals surface area contributed by atoms with E-state index in [1.807, 2.05) is 0 Å². The fraction of sp³-hybridized carbons (Fsp3) is 0.583. The van der Waals surface area contributed by atoms with Crippen LogP contribution in [0.25, 0.3) is 0 Å². The summed E-state index contributed by atoms with van der Waals surface area (Å²) in [5.74, 6) is 0.284. The Balaban J connectivity index is 2.21. The third kappa shape index (κ3) is 3.56. The highest BCUT2D eigenvalue weighted by atomic mass is 79.9. The first kappa shape index (κ1) is 15.9. The molecular formula is C12H15BrClNO4S. The number of hydrogen-bond acceptors (Lipinski definition) is 4. The number of halogens is 2. The molecule has 112 valence electrons. The van der Waals surface area contributed by atoms with Crippen LogP contribution in [0.5, 0.6) is 0 Å². The van der Waals surface area contributed by atoms with Crippen LogP contribution in [0.3, 0.4) is 0 Å². The van der Waals surface area contributed by atoms with Gasteiger partial charge in [-0.05, 0) is 41.1 Å². The summed E-state index contributed by atoms with van der Waals surface area (Å²) in [6, 6.07) is 1.17. The van der Waals surface area contributed by atoms with Crippen LogP contribution in [-0.2, 0) is 9.05 Å². The van der Waals surface area contributed by atoms with Gasteiger partial charge in [0.25, 0.3) is 15.0 Å². The molecule has 1 atom stereocenters. The van der Waals surface area contributed by atoms with Crippen molar-refractivity contribution in [1.29, 1.82) is 0 Å². The first-order chi connectivity index (χ1) is 9.29. The lowest BCUT2D eigenvalue weighted by atomic mass is 10.0. The summed E-state index contributed by atoms with van der Waals surface area (Å²) < 4.78 is 27.8. The molecule has 1 aliphatic heterocycles. The van der Waals surface area contributed by atoms with Crippen LogP contribution >= 0.6 is 26.6 Å². The summed E-state index contributed by atoms with van der Waals surface area (Å²) in [7, 11) is 1.34. The largest absolute Gasteiger partial charge is 0.443 e. The van der Waals surface area contributed by atoms with Gasteiger partial charge in [-0.3, -0.25) is 4.79 Å². The number of nitrogens with zero attached hydrogens (tertiary/aromatic N) is 1. The Kier molecular flexibility index (Phi) is 4.81. The minimum absolute atomic E-state index is 0.00865. The number of amides is 1. The number of hydrogen-bond donors (Lipinski definition) is 0. The van der Waals surface area contributed by atoms with Crippen molar-refractivity contribution in [2.75, 3.05) is 13.1 Å². The van der Waals surface area contributed by atoms with Crippen LogP contribution in [0.4, 0.5) is 0 Å². The summed E-state index contributed by atoms with van der Waals surface area (Å²) >= 11 is 2.97. The van der Waals surface area contributed by atoms with Crippen molar-refractivity contribution in [2.45, 2.75) is 31.1 Å². The molecule has 1 fully saturated rings. The molecule has 0 aliphatic carbocycles. The minimum Gasteiger partial charge on any atom is -0.443 e. The molecule has 1 unspecified atom stereocenters. The van der Waals surface area contributed by atoms with Crippen LogP contribution < -0.4 is 0 Å². The number of carbonyl (C=O) groups excluding carboxylic acids is 1. The van der Waals surface area contributed by atoms with Gasteiger partial charge in [0.1, 0.15) is 4.90 Å². The minimum atomic E-state index is -3.93. The van der Waals surface area contributed by atoms with Gasteiger partial charge in [0.05, 0.1) is 0 Å². The third-order valence-electron chi connectivity index (χ3n) is 3.43. The summed E-state index contributed by atoms with van der Waals surface area (Å²) in [5, 5.41) is 0. The molecule has 0 radical (unpaired) electrons. The summed E-state index contributed by atoms with van der Waals surface area (Å²) in [4.78, 5) is 13.8. The van der Waals surface area contributed by atoms with E-state index in [-0.39, 0.29) is 21.2 Å². The molecule has 1 saturated heterocycles. The SMILES string of the molecule is CC1CCCN(C(=O)c2cc(S(=O)(=O)Cl)c(Br)o2)CC1. The van der Waals surface area contributed by atoms with Crippen LogP contribution in [0.1, 0.15) is 36.7 Å². The Morgan fingerprint density at radius 2 is 2.15 bits per heavy atom. The Bertz CT molecular complexity index is 613. The molecule has 0 bridgehead atoms. The summed E-state index contributed by atoms with van der Waals surface area (Å²) in [6.45, 7) is 3.47. The molecule has 1 amide bonds. The van der Waals surface area contributed by atoms with Gasteiger partial charge >= 0.3 is 0 Å². The van der Waals surface area contributed by atoms with E-state index in [1.54, 1.807) is 4.90 Å². The monoisotopic (exact) mass is 383 g/mol. The quantitative estimate of drug-likeness (QED) is 0.734. The van der Waals surface area contributed by atoms with E-state index in [2.05, 4.69) is 22.9 Å². The van der Waals surface area contributed by atoms with E-state index >= 15 is 0 Å². The summed E-state index contributed by atoms with van der Waals surface area (Å²) in [5.41, 5.74) is 0. The van der Waals surface area contributed by atoms with Crippen LogP contribution in [-0.4, -0.2) is 32.3 Å². The summed E-state index contributed by atoms with van der Waals surface area (Å²) in [6.07, 6.45) is 2.97. The molecule has 5 nitrogen and oxygen atoms in total. The molecule has 0 aromatic carbocycles. The van der Waals surface area contributed by atoms with Crippen molar-refractivity contribution in [3.63, 3.8) is 0 Å². The molecule has 2 heterocycles. The van der Waals surface area contributed by atoms with Crippen molar-refractivity contribution >= 4 is 41.6 Å². The second-order valence-electron chi connectivity index (χ2n) is 5.01. The lowest BCUT2D eigenvalue weighted by Gasteiger charge is -2.18. The maximum absolute atomic E-state index is 12.3. The predicted molar refractivity (Wildman–Crippen MR) is 78.4 cm³/mol. The van der Waals surface area contributed by atoms with E-state index in [9.17, 15) is 13.2 Å². The number of rotatable bonds is 2. The van der Waals surface area contributed by atoms with E-state index < -0.39 is 9.05 Å². The Hall–Kier alpha value is -0.530. The molecule has 20 heavy (non-hydrogen) atoms. The molecule has 0 N–H and O–H groups in total. The third-order valence-corrected chi connectivity index (χ3v) is 5.61. The van der Waals surface area contributed by atoms with E-state index in [1.165, 1.54) is 6.07 Å². The average molecular weight is 385 g/mol. The van der Waals surface area contributed by atoms with Crippen molar-refractivity contribution < 1.29 is 17.6 Å². The Morgan fingerprint density at radius 1 is 1.45 bits per heavy atom. The van der Waals surface area contributed by atoms with Crippen molar-refractivity contribution in [3.8, 4) is 0 Å². The first-order valence-electron chi connectivity index (χ1n) is 6.32. The van der Waals surface area contributed by atoms with Gasteiger partial charge < -0.3 is 9.32 Å². The highest BCUT2D eigenvalue weighted by Crippen LogP contribution is 2.29.